The fourth-order valence-electron chi connectivity index (χ4n) is 5.27. The maximum absolute atomic E-state index is 5.41. The highest BCUT2D eigenvalue weighted by molar-refractivity contribution is 5.68. The fraction of sp³-hybridized carbons (Fsp3) is 0.257. The van der Waals surface area contributed by atoms with Crippen LogP contribution in [-0.2, 0) is 16.1 Å². The van der Waals surface area contributed by atoms with Crippen LogP contribution in [0.5, 0.6) is 0 Å². The Hall–Kier alpha value is -4.86. The second kappa shape index (κ2) is 13.2. The summed E-state index contributed by atoms with van der Waals surface area (Å²) in [5, 5.41) is 3.14. The lowest BCUT2D eigenvalue weighted by Gasteiger charge is -2.28. The molecule has 2 aromatic carbocycles. The summed E-state index contributed by atoms with van der Waals surface area (Å²) >= 11 is 0. The van der Waals surface area contributed by atoms with E-state index in [9.17, 15) is 0 Å². The monoisotopic (exact) mass is 589 g/mol. The predicted molar refractivity (Wildman–Crippen MR) is 179 cm³/mol. The van der Waals surface area contributed by atoms with E-state index in [1.165, 1.54) is 11.3 Å². The van der Waals surface area contributed by atoms with Crippen LogP contribution in [0.3, 0.4) is 0 Å². The van der Waals surface area contributed by atoms with Gasteiger partial charge in [0.15, 0.2) is 0 Å². The zero-order chi connectivity index (χ0) is 30.5. The number of rotatable bonds is 7. The van der Waals surface area contributed by atoms with Crippen LogP contribution in [-0.4, -0.2) is 73.3 Å². The molecular formula is C35H39N7O2. The van der Waals surface area contributed by atoms with Gasteiger partial charge in [0, 0.05) is 106 Å². The molecule has 7 rings (SSSR count). The molecule has 0 spiro atoms. The number of hydrogen-bond acceptors (Lipinski definition) is 7. The largest absolute Gasteiger partial charge is 0.388 e. The third-order valence-corrected chi connectivity index (χ3v) is 7.81. The van der Waals surface area contributed by atoms with Gasteiger partial charge in [-0.2, -0.15) is 0 Å². The molecule has 226 valence electrons. The summed E-state index contributed by atoms with van der Waals surface area (Å²) < 4.78 is 14.6. The van der Waals surface area contributed by atoms with Gasteiger partial charge in [0.1, 0.15) is 11.3 Å². The molecule has 9 heteroatoms. The molecule has 0 atom stereocenters. The minimum Gasteiger partial charge on any atom is -0.388 e. The third kappa shape index (κ3) is 6.54. The molecule has 1 saturated heterocycles. The van der Waals surface area contributed by atoms with Crippen molar-refractivity contribution in [3.05, 3.63) is 103 Å². The zero-order valence-corrected chi connectivity index (χ0v) is 25.8. The second-order valence-electron chi connectivity index (χ2n) is 11.0. The summed E-state index contributed by atoms with van der Waals surface area (Å²) in [5.74, 6) is 0. The van der Waals surface area contributed by atoms with Gasteiger partial charge in [0.2, 0.25) is 0 Å². The maximum Gasteiger partial charge on any atom is 0.139 e. The van der Waals surface area contributed by atoms with Crippen molar-refractivity contribution in [1.29, 1.82) is 0 Å². The van der Waals surface area contributed by atoms with Crippen molar-refractivity contribution in [3.63, 3.8) is 0 Å². The summed E-state index contributed by atoms with van der Waals surface area (Å²) in [4.78, 5) is 13.9. The van der Waals surface area contributed by atoms with Gasteiger partial charge < -0.3 is 33.4 Å². The minimum atomic E-state index is 0.637. The Bertz CT molecular complexity index is 1820. The van der Waals surface area contributed by atoms with Gasteiger partial charge in [-0.3, -0.25) is 0 Å². The van der Waals surface area contributed by atoms with Crippen molar-refractivity contribution < 1.29 is 9.47 Å². The van der Waals surface area contributed by atoms with Crippen molar-refractivity contribution in [2.24, 2.45) is 0 Å². The van der Waals surface area contributed by atoms with Gasteiger partial charge in [-0.1, -0.05) is 36.4 Å². The third-order valence-electron chi connectivity index (χ3n) is 7.81. The number of methoxy groups -OCH3 is 1. The van der Waals surface area contributed by atoms with Crippen molar-refractivity contribution in [1.82, 2.24) is 18.8 Å². The number of pyridine rings is 2. The van der Waals surface area contributed by atoms with E-state index in [-0.39, 0.29) is 0 Å². The van der Waals surface area contributed by atoms with Gasteiger partial charge in [-0.25, -0.2) is 9.97 Å². The number of morpholine rings is 1. The maximum atomic E-state index is 5.41. The molecule has 0 aliphatic carbocycles. The van der Waals surface area contributed by atoms with E-state index in [0.717, 1.165) is 71.5 Å². The molecule has 0 bridgehead atoms. The van der Waals surface area contributed by atoms with Gasteiger partial charge in [0.05, 0.1) is 31.2 Å². The van der Waals surface area contributed by atoms with Gasteiger partial charge in [-0.15, -0.1) is 0 Å². The van der Waals surface area contributed by atoms with Crippen LogP contribution < -0.4 is 15.1 Å². The first-order chi connectivity index (χ1) is 21.5. The molecule has 1 aliphatic heterocycles. The Morgan fingerprint density at radius 1 is 0.795 bits per heavy atom. The Labute approximate surface area is 258 Å². The number of anilines is 3. The van der Waals surface area contributed by atoms with Crippen LogP contribution in [0.25, 0.3) is 33.8 Å². The molecule has 1 fully saturated rings. The summed E-state index contributed by atoms with van der Waals surface area (Å²) in [6.45, 7) is 4.17. The molecule has 1 aliphatic rings. The second-order valence-corrected chi connectivity index (χ2v) is 11.0. The average molecular weight is 590 g/mol. The van der Waals surface area contributed by atoms with E-state index < -0.39 is 0 Å². The van der Waals surface area contributed by atoms with Crippen LogP contribution in [0.2, 0.25) is 0 Å². The number of hydrogen-bond donors (Lipinski definition) is 1. The highest BCUT2D eigenvalue weighted by Gasteiger charge is 2.12. The van der Waals surface area contributed by atoms with E-state index in [1.807, 2.05) is 54.5 Å². The molecule has 6 aromatic rings. The number of ether oxygens (including phenoxy) is 2. The molecule has 0 radical (unpaired) electrons. The van der Waals surface area contributed by atoms with Crippen molar-refractivity contribution in [3.8, 4) is 22.5 Å². The standard InChI is InChI=1S/C18H20N4O.C17H19N3O/c1-19-15-6-7-22-13-17(20-18(22)12-15)14-2-4-16(5-3-14)21-8-10-23-11-9-21;1-19(2)15-8-9-20-11-16(18-17(20)10-15)14-6-4-13(5-7-14)12-21-3/h2-7,12-13,19H,8-11H2,1H3;4-11H,12H2,1-3H3. The Kier molecular flexibility index (Phi) is 8.76. The molecular weight excluding hydrogens is 550 g/mol. The molecule has 0 unspecified atom stereocenters. The summed E-state index contributed by atoms with van der Waals surface area (Å²) in [7, 11) is 7.69. The highest BCUT2D eigenvalue weighted by atomic mass is 16.5. The molecule has 4 aromatic heterocycles. The normalized spacial score (nSPS) is 13.1. The molecule has 0 saturated carbocycles. The van der Waals surface area contributed by atoms with Crippen molar-refractivity contribution >= 4 is 28.4 Å². The first-order valence-electron chi connectivity index (χ1n) is 14.8. The number of benzene rings is 2. The van der Waals surface area contributed by atoms with Crippen LogP contribution >= 0.6 is 0 Å². The molecule has 9 nitrogen and oxygen atoms in total. The Morgan fingerprint density at radius 2 is 1.39 bits per heavy atom. The minimum absolute atomic E-state index is 0.637. The summed E-state index contributed by atoms with van der Waals surface area (Å²) in [5.41, 5.74) is 10.8. The lowest BCUT2D eigenvalue weighted by Crippen LogP contribution is -2.36. The van der Waals surface area contributed by atoms with E-state index in [4.69, 9.17) is 19.4 Å². The first-order valence-corrected chi connectivity index (χ1v) is 14.8. The smallest absolute Gasteiger partial charge is 0.139 e. The lowest BCUT2D eigenvalue weighted by molar-refractivity contribution is 0.122. The van der Waals surface area contributed by atoms with Crippen LogP contribution in [0.4, 0.5) is 17.1 Å². The summed E-state index contributed by atoms with van der Waals surface area (Å²) in [6, 6.07) is 25.2. The predicted octanol–water partition coefficient (Wildman–Crippen LogP) is 6.09. The van der Waals surface area contributed by atoms with E-state index in [2.05, 4.69) is 88.2 Å². The zero-order valence-electron chi connectivity index (χ0n) is 25.8. The number of fused-ring (bicyclic) bond motifs is 2. The molecule has 5 heterocycles. The molecule has 0 amide bonds. The number of imidazole rings is 2. The SMILES string of the molecule is CNc1ccn2cc(-c3ccc(N4CCOCC4)cc3)nc2c1.COCc1ccc(-c2cn3ccc(N(C)C)cc3n2)cc1. The Balaban J connectivity index is 0.000000157. The first kappa shape index (κ1) is 29.2. The number of nitrogens with zero attached hydrogens (tertiary/aromatic N) is 6. The van der Waals surface area contributed by atoms with E-state index >= 15 is 0 Å². The molecule has 44 heavy (non-hydrogen) atoms. The quantitative estimate of drug-likeness (QED) is 0.242. The van der Waals surface area contributed by atoms with Crippen molar-refractivity contribution in [2.45, 2.75) is 6.61 Å². The lowest BCUT2D eigenvalue weighted by atomic mass is 10.1. The average Bonchev–Trinajstić information content (AvgIpc) is 3.70. The van der Waals surface area contributed by atoms with Gasteiger partial charge in [-0.05, 0) is 29.8 Å². The van der Waals surface area contributed by atoms with Gasteiger partial charge in [0.25, 0.3) is 0 Å². The number of aromatic nitrogens is 4. The number of nitrogens with one attached hydrogen (secondary N) is 1. The van der Waals surface area contributed by atoms with Crippen LogP contribution in [0, 0.1) is 0 Å². The van der Waals surface area contributed by atoms with Crippen LogP contribution in [0.15, 0.2) is 97.6 Å². The van der Waals surface area contributed by atoms with Crippen molar-refractivity contribution in [2.75, 3.05) is 69.7 Å². The van der Waals surface area contributed by atoms with Gasteiger partial charge >= 0.3 is 0 Å². The molecule has 1 N–H and O–H groups in total. The Morgan fingerprint density at radius 3 is 1.98 bits per heavy atom. The highest BCUT2D eigenvalue weighted by Crippen LogP contribution is 2.25. The topological polar surface area (TPSA) is 71.6 Å². The van der Waals surface area contributed by atoms with E-state index in [1.54, 1.807) is 7.11 Å². The summed E-state index contributed by atoms with van der Waals surface area (Å²) in [6.07, 6.45) is 8.19. The van der Waals surface area contributed by atoms with E-state index in [0.29, 0.717) is 6.61 Å². The fourth-order valence-corrected chi connectivity index (χ4v) is 5.27. The van der Waals surface area contributed by atoms with Crippen LogP contribution in [0.1, 0.15) is 5.56 Å².